The van der Waals surface area contributed by atoms with Crippen LogP contribution < -0.4 is 10.6 Å². The Morgan fingerprint density at radius 2 is 0.744 bits per heavy atom. The Bertz CT molecular complexity index is 644. The molecule has 0 aromatic rings. The molecule has 0 rings (SSSR count). The van der Waals surface area contributed by atoms with Gasteiger partial charge < -0.3 is 58.4 Å². The van der Waals surface area contributed by atoms with E-state index in [1.165, 1.54) is 0 Å². The SMILES string of the molecule is CCOCCOCCOCCOCCOCCOCCOCCOCCOCCC(=O)NCCNC(=O)CCCC(=O)O. The molecule has 0 atom stereocenters. The highest BCUT2D eigenvalue weighted by Gasteiger charge is 2.04. The Morgan fingerprint density at radius 1 is 0.442 bits per heavy atom. The molecule has 0 radical (unpaired) electrons. The summed E-state index contributed by atoms with van der Waals surface area (Å²) in [5.74, 6) is -1.34. The standard InChI is InChI=1S/C28H54N2O13/c1-2-35-10-11-37-14-15-39-18-19-41-22-23-43-25-24-42-21-20-40-17-16-38-13-12-36-9-6-27(32)30-8-7-29-26(31)4-3-5-28(33)34/h2-25H2,1H3,(H,29,31)(H,30,32)(H,33,34). The summed E-state index contributed by atoms with van der Waals surface area (Å²) in [4.78, 5) is 33.6. The molecule has 0 aliphatic carbocycles. The van der Waals surface area contributed by atoms with Crippen LogP contribution in [0.25, 0.3) is 0 Å². The summed E-state index contributed by atoms with van der Waals surface area (Å²) in [5, 5.41) is 13.8. The zero-order valence-corrected chi connectivity index (χ0v) is 25.8. The fraction of sp³-hybridized carbons (Fsp3) is 0.893. The van der Waals surface area contributed by atoms with Gasteiger partial charge in [-0.25, -0.2) is 0 Å². The molecule has 0 spiro atoms. The molecule has 3 N–H and O–H groups in total. The molecule has 0 aromatic carbocycles. The molecule has 0 saturated heterocycles. The third-order valence-electron chi connectivity index (χ3n) is 5.22. The predicted molar refractivity (Wildman–Crippen MR) is 155 cm³/mol. The van der Waals surface area contributed by atoms with Crippen molar-refractivity contribution in [1.82, 2.24) is 10.6 Å². The van der Waals surface area contributed by atoms with Gasteiger partial charge in [-0.3, -0.25) is 14.4 Å². The molecule has 0 unspecified atom stereocenters. The van der Waals surface area contributed by atoms with Gasteiger partial charge in [0.1, 0.15) is 0 Å². The van der Waals surface area contributed by atoms with E-state index >= 15 is 0 Å². The Balaban J connectivity index is 3.18. The van der Waals surface area contributed by atoms with Crippen molar-refractivity contribution < 1.29 is 62.1 Å². The summed E-state index contributed by atoms with van der Waals surface area (Å²) in [5.41, 5.74) is 0. The van der Waals surface area contributed by atoms with E-state index in [1.54, 1.807) is 0 Å². The second-order valence-electron chi connectivity index (χ2n) is 8.79. The summed E-state index contributed by atoms with van der Waals surface area (Å²) < 4.78 is 48.4. The van der Waals surface area contributed by atoms with Gasteiger partial charge in [0.2, 0.25) is 11.8 Å². The van der Waals surface area contributed by atoms with Gasteiger partial charge in [-0.1, -0.05) is 0 Å². The number of carbonyl (C=O) groups excluding carboxylic acids is 2. The summed E-state index contributed by atoms with van der Waals surface area (Å²) in [7, 11) is 0. The monoisotopic (exact) mass is 626 g/mol. The topological polar surface area (TPSA) is 179 Å². The van der Waals surface area contributed by atoms with Gasteiger partial charge in [-0.2, -0.15) is 0 Å². The maximum atomic E-state index is 11.7. The molecule has 0 fully saturated rings. The largest absolute Gasteiger partial charge is 0.481 e. The maximum Gasteiger partial charge on any atom is 0.303 e. The molecule has 15 nitrogen and oxygen atoms in total. The lowest BCUT2D eigenvalue weighted by Crippen LogP contribution is -2.35. The first-order chi connectivity index (χ1) is 21.1. The van der Waals surface area contributed by atoms with E-state index in [2.05, 4.69) is 10.6 Å². The van der Waals surface area contributed by atoms with Crippen LogP contribution in [-0.2, 0) is 57.0 Å². The first-order valence-electron chi connectivity index (χ1n) is 15.0. The minimum atomic E-state index is -0.928. The number of carboxylic acid groups (broad SMARTS) is 1. The van der Waals surface area contributed by atoms with Crippen molar-refractivity contribution in [3.8, 4) is 0 Å². The second-order valence-corrected chi connectivity index (χ2v) is 8.79. The molecule has 15 heteroatoms. The van der Waals surface area contributed by atoms with E-state index in [0.29, 0.717) is 119 Å². The molecule has 0 aliphatic rings. The molecule has 0 bridgehead atoms. The van der Waals surface area contributed by atoms with Crippen molar-refractivity contribution in [3.05, 3.63) is 0 Å². The Kier molecular flexibility index (Phi) is 33.0. The Labute approximate surface area is 255 Å². The lowest BCUT2D eigenvalue weighted by atomic mass is 10.2. The number of hydrogen-bond donors (Lipinski definition) is 3. The Morgan fingerprint density at radius 3 is 1.07 bits per heavy atom. The van der Waals surface area contributed by atoms with Gasteiger partial charge in [-0.05, 0) is 13.3 Å². The molecule has 0 aliphatic heterocycles. The van der Waals surface area contributed by atoms with Crippen molar-refractivity contribution in [1.29, 1.82) is 0 Å². The lowest BCUT2D eigenvalue weighted by Gasteiger charge is -2.09. The van der Waals surface area contributed by atoms with Crippen molar-refractivity contribution in [2.24, 2.45) is 0 Å². The summed E-state index contributed by atoms with van der Waals surface area (Å²) >= 11 is 0. The zero-order chi connectivity index (χ0) is 31.5. The number of ether oxygens (including phenoxy) is 9. The number of carbonyl (C=O) groups is 3. The quantitative estimate of drug-likeness (QED) is 0.0804. The highest BCUT2D eigenvalue weighted by atomic mass is 16.6. The van der Waals surface area contributed by atoms with Gasteiger partial charge in [0, 0.05) is 39.0 Å². The van der Waals surface area contributed by atoms with Crippen LogP contribution in [0, 0.1) is 0 Å². The summed E-state index contributed by atoms with van der Waals surface area (Å²) in [6, 6.07) is 0. The normalized spacial score (nSPS) is 11.1. The van der Waals surface area contributed by atoms with E-state index < -0.39 is 5.97 Å². The number of nitrogens with one attached hydrogen (secondary N) is 2. The van der Waals surface area contributed by atoms with Gasteiger partial charge in [-0.15, -0.1) is 0 Å². The second kappa shape index (κ2) is 34.5. The molecule has 0 heterocycles. The fourth-order valence-electron chi connectivity index (χ4n) is 3.05. The third kappa shape index (κ3) is 36.1. The highest BCUT2D eigenvalue weighted by molar-refractivity contribution is 5.77. The van der Waals surface area contributed by atoms with Crippen molar-refractivity contribution >= 4 is 17.8 Å². The van der Waals surface area contributed by atoms with Crippen LogP contribution in [-0.4, -0.2) is 155 Å². The van der Waals surface area contributed by atoms with Crippen molar-refractivity contribution in [2.45, 2.75) is 32.6 Å². The summed E-state index contributed by atoms with van der Waals surface area (Å²) in [6.45, 7) is 11.3. The fourth-order valence-corrected chi connectivity index (χ4v) is 3.05. The molecular weight excluding hydrogens is 572 g/mol. The Hall–Kier alpha value is -1.95. The van der Waals surface area contributed by atoms with E-state index in [0.717, 1.165) is 0 Å². The van der Waals surface area contributed by atoms with Crippen LogP contribution >= 0.6 is 0 Å². The average molecular weight is 627 g/mol. The van der Waals surface area contributed by atoms with Gasteiger partial charge in [0.15, 0.2) is 0 Å². The molecule has 0 aromatic heterocycles. The van der Waals surface area contributed by atoms with Crippen LogP contribution in [0.3, 0.4) is 0 Å². The van der Waals surface area contributed by atoms with Crippen LogP contribution in [0.1, 0.15) is 32.6 Å². The minimum absolute atomic E-state index is 0.0415. The third-order valence-corrected chi connectivity index (χ3v) is 5.22. The van der Waals surface area contributed by atoms with Crippen molar-refractivity contribution in [3.63, 3.8) is 0 Å². The number of amides is 2. The minimum Gasteiger partial charge on any atom is -0.481 e. The maximum absolute atomic E-state index is 11.7. The number of aliphatic carboxylic acids is 1. The van der Waals surface area contributed by atoms with Crippen LogP contribution in [0.4, 0.5) is 0 Å². The number of hydrogen-bond acceptors (Lipinski definition) is 12. The highest BCUT2D eigenvalue weighted by Crippen LogP contribution is 1.94. The average Bonchev–Trinajstić information content (AvgIpc) is 2.98. The predicted octanol–water partition coefficient (Wildman–Crippen LogP) is 0.0331. The smallest absolute Gasteiger partial charge is 0.303 e. The molecule has 254 valence electrons. The van der Waals surface area contributed by atoms with Crippen molar-refractivity contribution in [2.75, 3.05) is 132 Å². The molecule has 2 amide bonds. The molecule has 43 heavy (non-hydrogen) atoms. The molecule has 0 saturated carbocycles. The zero-order valence-electron chi connectivity index (χ0n) is 25.8. The van der Waals surface area contributed by atoms with E-state index in [9.17, 15) is 14.4 Å². The first-order valence-corrected chi connectivity index (χ1v) is 15.0. The van der Waals surface area contributed by atoms with E-state index in [4.69, 9.17) is 47.7 Å². The van der Waals surface area contributed by atoms with Crippen LogP contribution in [0.5, 0.6) is 0 Å². The van der Waals surface area contributed by atoms with Gasteiger partial charge >= 0.3 is 5.97 Å². The lowest BCUT2D eigenvalue weighted by molar-refractivity contribution is -0.137. The van der Waals surface area contributed by atoms with Crippen LogP contribution in [0.15, 0.2) is 0 Å². The van der Waals surface area contributed by atoms with Crippen LogP contribution in [0.2, 0.25) is 0 Å². The molecular formula is C28H54N2O13. The number of rotatable bonds is 35. The first kappa shape index (κ1) is 41.0. The summed E-state index contributed by atoms with van der Waals surface area (Å²) in [6.07, 6.45) is 0.602. The van der Waals surface area contributed by atoms with Gasteiger partial charge in [0.25, 0.3) is 0 Å². The van der Waals surface area contributed by atoms with Gasteiger partial charge in [0.05, 0.1) is 112 Å². The van der Waals surface area contributed by atoms with E-state index in [-0.39, 0.29) is 50.6 Å². The number of carboxylic acids is 1. The van der Waals surface area contributed by atoms with E-state index in [1.807, 2.05) is 6.92 Å².